The topological polar surface area (TPSA) is 17.3 Å². The molecule has 210 valence electrons. The van der Waals surface area contributed by atoms with Gasteiger partial charge < -0.3 is 0 Å². The summed E-state index contributed by atoms with van der Waals surface area (Å²) in [6, 6.07) is 47.5. The highest BCUT2D eigenvalue weighted by Crippen LogP contribution is 2.37. The van der Waals surface area contributed by atoms with Crippen LogP contribution in [0.1, 0.15) is 12.5 Å². The van der Waals surface area contributed by atoms with E-state index >= 15 is 0 Å². The van der Waals surface area contributed by atoms with Gasteiger partial charge in [0.25, 0.3) is 0 Å². The van der Waals surface area contributed by atoms with Gasteiger partial charge in [-0.15, -0.1) is 0 Å². The third kappa shape index (κ3) is 5.19. The van der Waals surface area contributed by atoms with Crippen molar-refractivity contribution >= 4 is 22.0 Å². The van der Waals surface area contributed by atoms with Crippen LogP contribution in [0.4, 0.5) is 0 Å². The summed E-state index contributed by atoms with van der Waals surface area (Å²) in [6.07, 6.45) is 10.2. The van der Waals surface area contributed by atoms with Crippen LogP contribution in [0.15, 0.2) is 171 Å². The first kappa shape index (κ1) is 27.1. The highest BCUT2D eigenvalue weighted by Gasteiger charge is 2.17. The van der Waals surface area contributed by atoms with Gasteiger partial charge in [-0.05, 0) is 93.6 Å². The number of nitrogens with zero attached hydrogens (tertiary/aromatic N) is 2. The second-order valence-corrected chi connectivity index (χ2v) is 10.9. The van der Waals surface area contributed by atoms with Crippen molar-refractivity contribution in [2.45, 2.75) is 6.92 Å². The van der Waals surface area contributed by atoms with Crippen LogP contribution in [0.25, 0.3) is 66.8 Å². The molecule has 0 bridgehead atoms. The van der Waals surface area contributed by atoms with Gasteiger partial charge in [-0.25, -0.2) is 4.98 Å². The molecule has 0 saturated heterocycles. The number of rotatable bonds is 7. The van der Waals surface area contributed by atoms with Crippen molar-refractivity contribution in [3.8, 4) is 44.8 Å². The third-order valence-corrected chi connectivity index (χ3v) is 8.04. The molecule has 0 spiro atoms. The minimum absolute atomic E-state index is 0.929. The Balaban J connectivity index is 1.42. The maximum Gasteiger partial charge on any atom is 0.137 e. The average molecular weight is 565 g/mol. The molecule has 0 unspecified atom stereocenters. The summed E-state index contributed by atoms with van der Waals surface area (Å²) in [4.78, 5) is 5.06. The van der Waals surface area contributed by atoms with Gasteiger partial charge >= 0.3 is 0 Å². The molecular weight excluding hydrogens is 532 g/mol. The summed E-state index contributed by atoms with van der Waals surface area (Å²) in [7, 11) is 0. The van der Waals surface area contributed by atoms with Gasteiger partial charge in [-0.1, -0.05) is 122 Å². The van der Waals surface area contributed by atoms with Crippen molar-refractivity contribution in [1.29, 1.82) is 0 Å². The lowest BCUT2D eigenvalue weighted by Crippen LogP contribution is -1.91. The molecule has 0 aliphatic heterocycles. The zero-order valence-electron chi connectivity index (χ0n) is 24.7. The number of allylic oxidation sites excluding steroid dienone is 5. The van der Waals surface area contributed by atoms with Crippen LogP contribution in [0, 0.1) is 0 Å². The highest BCUT2D eigenvalue weighted by molar-refractivity contribution is 5.90. The SMILES string of the molecule is C=C/C=C(\C=C/C)c1cc(-c2cccc(-c3c(-c4ccccc4)nc4ccccn34)c2)cc(-c2ccc3ccccc3c2)c1. The number of benzene rings is 5. The minimum atomic E-state index is 0.929. The lowest BCUT2D eigenvalue weighted by molar-refractivity contribution is 1.19. The zero-order chi connectivity index (χ0) is 29.9. The van der Waals surface area contributed by atoms with E-state index in [9.17, 15) is 0 Å². The van der Waals surface area contributed by atoms with E-state index in [2.05, 4.69) is 164 Å². The monoisotopic (exact) mass is 564 g/mol. The number of pyridine rings is 1. The molecule has 0 saturated carbocycles. The normalized spacial score (nSPS) is 11.9. The zero-order valence-corrected chi connectivity index (χ0v) is 24.7. The van der Waals surface area contributed by atoms with Crippen LogP contribution in [-0.4, -0.2) is 9.38 Å². The number of hydrogen-bond donors (Lipinski definition) is 0. The number of fused-ring (bicyclic) bond motifs is 2. The summed E-state index contributed by atoms with van der Waals surface area (Å²) in [6.45, 7) is 6.03. The fraction of sp³-hybridized carbons (Fsp3) is 0.0238. The fourth-order valence-electron chi connectivity index (χ4n) is 5.97. The Hall–Kier alpha value is -5.73. The van der Waals surface area contributed by atoms with Crippen LogP contribution in [0.3, 0.4) is 0 Å². The quantitative estimate of drug-likeness (QED) is 0.176. The van der Waals surface area contributed by atoms with E-state index in [0.717, 1.165) is 50.4 Å². The summed E-state index contributed by atoms with van der Waals surface area (Å²) >= 11 is 0. The second-order valence-electron chi connectivity index (χ2n) is 10.9. The van der Waals surface area contributed by atoms with E-state index in [1.165, 1.54) is 21.9 Å². The molecular formula is C42H32N2. The van der Waals surface area contributed by atoms with Crippen LogP contribution >= 0.6 is 0 Å². The van der Waals surface area contributed by atoms with Gasteiger partial charge in [0.15, 0.2) is 0 Å². The summed E-state index contributed by atoms with van der Waals surface area (Å²) in [5.41, 5.74) is 12.1. The van der Waals surface area contributed by atoms with Crippen molar-refractivity contribution in [2.75, 3.05) is 0 Å². The highest BCUT2D eigenvalue weighted by atomic mass is 15.0. The average Bonchev–Trinajstić information content (AvgIpc) is 3.48. The van der Waals surface area contributed by atoms with Crippen molar-refractivity contribution in [3.63, 3.8) is 0 Å². The maximum absolute atomic E-state index is 5.06. The van der Waals surface area contributed by atoms with Gasteiger partial charge in [0.2, 0.25) is 0 Å². The van der Waals surface area contributed by atoms with Gasteiger partial charge in [-0.2, -0.15) is 0 Å². The van der Waals surface area contributed by atoms with E-state index in [1.54, 1.807) is 0 Å². The summed E-state index contributed by atoms with van der Waals surface area (Å²) in [5, 5.41) is 2.47. The molecule has 5 aromatic carbocycles. The molecule has 2 aromatic heterocycles. The Morgan fingerprint density at radius 2 is 1.30 bits per heavy atom. The van der Waals surface area contributed by atoms with Crippen LogP contribution in [0.5, 0.6) is 0 Å². The smallest absolute Gasteiger partial charge is 0.137 e. The van der Waals surface area contributed by atoms with E-state index in [4.69, 9.17) is 4.98 Å². The lowest BCUT2D eigenvalue weighted by atomic mass is 9.91. The van der Waals surface area contributed by atoms with Gasteiger partial charge in [0.1, 0.15) is 5.65 Å². The Kier molecular flexibility index (Phi) is 7.32. The van der Waals surface area contributed by atoms with Crippen LogP contribution < -0.4 is 0 Å². The molecule has 7 rings (SSSR count). The van der Waals surface area contributed by atoms with Crippen LogP contribution in [-0.2, 0) is 0 Å². The molecule has 0 fully saturated rings. The Labute approximate surface area is 258 Å². The Morgan fingerprint density at radius 3 is 2.09 bits per heavy atom. The van der Waals surface area contributed by atoms with E-state index in [0.29, 0.717) is 0 Å². The molecule has 0 amide bonds. The molecule has 7 aromatic rings. The maximum atomic E-state index is 5.06. The Morgan fingerprint density at radius 1 is 0.614 bits per heavy atom. The second kappa shape index (κ2) is 11.9. The third-order valence-electron chi connectivity index (χ3n) is 8.04. The van der Waals surface area contributed by atoms with Gasteiger partial charge in [0, 0.05) is 17.3 Å². The molecule has 2 nitrogen and oxygen atoms in total. The minimum Gasteiger partial charge on any atom is -0.299 e. The molecule has 2 heteroatoms. The van der Waals surface area contributed by atoms with Gasteiger partial charge in [-0.3, -0.25) is 4.40 Å². The van der Waals surface area contributed by atoms with Crippen molar-refractivity contribution in [3.05, 3.63) is 176 Å². The first-order valence-electron chi connectivity index (χ1n) is 15.0. The van der Waals surface area contributed by atoms with E-state index in [-0.39, 0.29) is 0 Å². The fourth-order valence-corrected chi connectivity index (χ4v) is 5.97. The molecule has 0 aliphatic carbocycles. The van der Waals surface area contributed by atoms with Crippen LogP contribution in [0.2, 0.25) is 0 Å². The molecule has 2 heterocycles. The first-order valence-corrected chi connectivity index (χ1v) is 15.0. The Bertz CT molecular complexity index is 2200. The molecule has 0 N–H and O–H groups in total. The first-order chi connectivity index (χ1) is 21.7. The predicted octanol–water partition coefficient (Wildman–Crippen LogP) is 11.3. The predicted molar refractivity (Wildman–Crippen MR) is 187 cm³/mol. The molecule has 0 radical (unpaired) electrons. The number of aromatic nitrogens is 2. The molecule has 0 aliphatic rings. The number of imidazole rings is 1. The molecule has 44 heavy (non-hydrogen) atoms. The molecule has 0 atom stereocenters. The van der Waals surface area contributed by atoms with Gasteiger partial charge in [0.05, 0.1) is 11.4 Å². The van der Waals surface area contributed by atoms with Crippen molar-refractivity contribution < 1.29 is 0 Å². The van der Waals surface area contributed by atoms with E-state index in [1.807, 2.05) is 18.2 Å². The largest absolute Gasteiger partial charge is 0.299 e. The van der Waals surface area contributed by atoms with Crippen molar-refractivity contribution in [1.82, 2.24) is 9.38 Å². The van der Waals surface area contributed by atoms with Crippen molar-refractivity contribution in [2.24, 2.45) is 0 Å². The number of hydrogen-bond acceptors (Lipinski definition) is 1. The van der Waals surface area contributed by atoms with E-state index < -0.39 is 0 Å². The summed E-state index contributed by atoms with van der Waals surface area (Å²) < 4.78 is 2.19. The standard InChI is InChI=1S/C42H32N2/c1-3-13-30(14-4-2)37-27-38(29-39(28-37)35-23-22-31-15-8-9-18-33(31)25-35)34-19-12-20-36(26-34)42-41(32-16-6-5-7-17-32)43-40-21-10-11-24-44(40)42/h3-29H,1H2,2H3/b14-4-,30-13+. The summed E-state index contributed by atoms with van der Waals surface area (Å²) in [5.74, 6) is 0. The lowest BCUT2D eigenvalue weighted by Gasteiger charge is -2.14.